The Balaban J connectivity index is 0.00000484. The van der Waals surface area contributed by atoms with E-state index in [4.69, 9.17) is 10.5 Å². The van der Waals surface area contributed by atoms with Crippen LogP contribution in [0.4, 0.5) is 0 Å². The summed E-state index contributed by atoms with van der Waals surface area (Å²) in [6.07, 6.45) is 0.677. The smallest absolute Gasteiger partial charge is 0.241 e. The molecule has 1 rings (SSSR count). The van der Waals surface area contributed by atoms with Gasteiger partial charge in [0.15, 0.2) is 0 Å². The fraction of sp³-hybridized carbons (Fsp3) is 0.625. The number of nitrogens with one attached hydrogen (secondary N) is 1. The average Bonchev–Trinajstić information content (AvgIpc) is 2.36. The molecule has 0 bridgehead atoms. The van der Waals surface area contributed by atoms with Crippen LogP contribution in [0.25, 0.3) is 0 Å². The zero-order valence-electron chi connectivity index (χ0n) is 14.8. The number of sulfonamides is 1. The summed E-state index contributed by atoms with van der Waals surface area (Å²) >= 11 is 0. The molecule has 0 aliphatic rings. The second-order valence-electron chi connectivity index (χ2n) is 6.56. The summed E-state index contributed by atoms with van der Waals surface area (Å²) < 4.78 is 33.4. The number of methoxy groups -OCH3 is 1. The lowest BCUT2D eigenvalue weighted by atomic mass is 9.92. The number of hydrogen-bond acceptors (Lipinski definition) is 4. The Morgan fingerprint density at radius 3 is 2.09 bits per heavy atom. The molecule has 0 fully saturated rings. The summed E-state index contributed by atoms with van der Waals surface area (Å²) in [6.45, 7) is 9.85. The molecule has 0 heterocycles. The van der Waals surface area contributed by atoms with E-state index in [9.17, 15) is 8.42 Å². The van der Waals surface area contributed by atoms with E-state index in [1.54, 1.807) is 19.2 Å². The van der Waals surface area contributed by atoms with E-state index in [2.05, 4.69) is 4.72 Å². The van der Waals surface area contributed by atoms with E-state index in [0.29, 0.717) is 18.1 Å². The van der Waals surface area contributed by atoms with Crippen LogP contribution >= 0.6 is 12.4 Å². The molecule has 3 N–H and O–H groups in total. The van der Waals surface area contributed by atoms with Crippen molar-refractivity contribution >= 4 is 22.4 Å². The summed E-state index contributed by atoms with van der Waals surface area (Å²) in [5.74, 6) is 1.05. The van der Waals surface area contributed by atoms with Crippen LogP contribution in [0.5, 0.6) is 5.75 Å². The summed E-state index contributed by atoms with van der Waals surface area (Å²) in [7, 11) is -2.05. The Morgan fingerprint density at radius 1 is 1.26 bits per heavy atom. The van der Waals surface area contributed by atoms with Crippen LogP contribution in [0.1, 0.15) is 38.3 Å². The number of aryl methyl sites for hydroxylation is 2. The Kier molecular flexibility index (Phi) is 8.03. The molecule has 0 aliphatic carbocycles. The molecule has 5 nitrogen and oxygen atoms in total. The first kappa shape index (κ1) is 22.2. The van der Waals surface area contributed by atoms with Gasteiger partial charge in [0.1, 0.15) is 5.75 Å². The van der Waals surface area contributed by atoms with Crippen LogP contribution in [-0.4, -0.2) is 27.6 Å². The first-order chi connectivity index (χ1) is 10.0. The predicted octanol–water partition coefficient (Wildman–Crippen LogP) is 2.78. The molecule has 0 aliphatic heterocycles. The third kappa shape index (κ3) is 5.64. The quantitative estimate of drug-likeness (QED) is 0.779. The van der Waals surface area contributed by atoms with Crippen molar-refractivity contribution in [2.75, 3.05) is 13.7 Å². The summed E-state index contributed by atoms with van der Waals surface area (Å²) in [6, 6.07) is 3.25. The number of rotatable bonds is 7. The van der Waals surface area contributed by atoms with Crippen molar-refractivity contribution in [1.82, 2.24) is 4.72 Å². The predicted molar refractivity (Wildman–Crippen MR) is 97.0 cm³/mol. The Bertz CT molecular complexity index is 609. The molecule has 0 saturated heterocycles. The molecular weight excluding hydrogens is 336 g/mol. The molecule has 134 valence electrons. The second kappa shape index (κ2) is 8.33. The molecule has 1 unspecified atom stereocenters. The van der Waals surface area contributed by atoms with E-state index < -0.39 is 15.6 Å². The van der Waals surface area contributed by atoms with Gasteiger partial charge in [-0.05, 0) is 56.4 Å². The lowest BCUT2D eigenvalue weighted by Crippen LogP contribution is -2.52. The molecule has 1 aromatic rings. The molecule has 0 amide bonds. The highest BCUT2D eigenvalue weighted by Crippen LogP contribution is 2.27. The molecule has 0 radical (unpaired) electrons. The third-order valence-corrected chi connectivity index (χ3v) is 5.26. The first-order valence-corrected chi connectivity index (χ1v) is 8.92. The minimum Gasteiger partial charge on any atom is -0.496 e. The largest absolute Gasteiger partial charge is 0.496 e. The van der Waals surface area contributed by atoms with Gasteiger partial charge in [-0.2, -0.15) is 0 Å². The zero-order chi connectivity index (χ0) is 17.1. The van der Waals surface area contributed by atoms with Crippen molar-refractivity contribution in [2.45, 2.75) is 51.5 Å². The number of hydrogen-bond donors (Lipinski definition) is 2. The zero-order valence-corrected chi connectivity index (χ0v) is 16.4. The topological polar surface area (TPSA) is 81.4 Å². The molecule has 1 atom stereocenters. The molecule has 0 saturated carbocycles. The van der Waals surface area contributed by atoms with Crippen molar-refractivity contribution in [3.63, 3.8) is 0 Å². The van der Waals surface area contributed by atoms with Gasteiger partial charge >= 0.3 is 0 Å². The van der Waals surface area contributed by atoms with Gasteiger partial charge in [-0.3, -0.25) is 0 Å². The van der Waals surface area contributed by atoms with Crippen molar-refractivity contribution in [3.05, 3.63) is 23.3 Å². The maximum Gasteiger partial charge on any atom is 0.241 e. The first-order valence-electron chi connectivity index (χ1n) is 7.44. The van der Waals surface area contributed by atoms with Gasteiger partial charge in [0.05, 0.1) is 12.0 Å². The fourth-order valence-corrected chi connectivity index (χ4v) is 4.44. The normalized spacial score (nSPS) is 14.3. The summed E-state index contributed by atoms with van der Waals surface area (Å²) in [4.78, 5) is 0.242. The number of nitrogens with two attached hydrogens (primary N) is 1. The average molecular weight is 365 g/mol. The fourth-order valence-electron chi connectivity index (χ4n) is 2.84. The van der Waals surface area contributed by atoms with Gasteiger partial charge in [0.25, 0.3) is 0 Å². The SMILES string of the molecule is COc1c(C)cc(S(=O)(=O)NC(C)(CN)CC(C)C)cc1C.Cl. The van der Waals surface area contributed by atoms with Crippen molar-refractivity contribution in [2.24, 2.45) is 11.7 Å². The van der Waals surface area contributed by atoms with E-state index in [1.807, 2.05) is 34.6 Å². The molecule has 0 spiro atoms. The van der Waals surface area contributed by atoms with Crippen LogP contribution < -0.4 is 15.2 Å². The maximum absolute atomic E-state index is 12.7. The van der Waals surface area contributed by atoms with Crippen molar-refractivity contribution in [1.29, 1.82) is 0 Å². The monoisotopic (exact) mass is 364 g/mol. The van der Waals surface area contributed by atoms with E-state index in [-0.39, 0.29) is 23.8 Å². The van der Waals surface area contributed by atoms with Crippen LogP contribution in [0, 0.1) is 19.8 Å². The van der Waals surface area contributed by atoms with Gasteiger partial charge in [-0.25, -0.2) is 13.1 Å². The highest BCUT2D eigenvalue weighted by atomic mass is 35.5. The minimum absolute atomic E-state index is 0. The van der Waals surface area contributed by atoms with E-state index in [0.717, 1.165) is 11.1 Å². The van der Waals surface area contributed by atoms with E-state index in [1.165, 1.54) is 0 Å². The summed E-state index contributed by atoms with van der Waals surface area (Å²) in [5.41, 5.74) is 6.73. The van der Waals surface area contributed by atoms with Crippen molar-refractivity contribution in [3.8, 4) is 5.75 Å². The number of ether oxygens (including phenoxy) is 1. The molecule has 0 aromatic heterocycles. The standard InChI is InChI=1S/C16H28N2O3S.ClH/c1-11(2)9-16(5,10-17)18-22(19,20)14-7-12(3)15(21-6)13(4)8-14;/h7-8,11,18H,9-10,17H2,1-6H3;1H. The Morgan fingerprint density at radius 2 is 1.74 bits per heavy atom. The molecule has 1 aromatic carbocycles. The highest BCUT2D eigenvalue weighted by Gasteiger charge is 2.30. The molecular formula is C16H29ClN2O3S. The van der Waals surface area contributed by atoms with Crippen LogP contribution in [0.15, 0.2) is 17.0 Å². The lowest BCUT2D eigenvalue weighted by molar-refractivity contribution is 0.344. The highest BCUT2D eigenvalue weighted by molar-refractivity contribution is 7.89. The van der Waals surface area contributed by atoms with Gasteiger partial charge in [-0.1, -0.05) is 13.8 Å². The van der Waals surface area contributed by atoms with Gasteiger partial charge in [-0.15, -0.1) is 12.4 Å². The van der Waals surface area contributed by atoms with Gasteiger partial charge in [0, 0.05) is 12.1 Å². The number of benzene rings is 1. The van der Waals surface area contributed by atoms with Crippen LogP contribution in [-0.2, 0) is 10.0 Å². The minimum atomic E-state index is -3.63. The molecule has 7 heteroatoms. The van der Waals surface area contributed by atoms with Crippen LogP contribution in [0.2, 0.25) is 0 Å². The number of halogens is 1. The van der Waals surface area contributed by atoms with E-state index >= 15 is 0 Å². The molecule has 23 heavy (non-hydrogen) atoms. The Hall–Kier alpha value is -0.820. The van der Waals surface area contributed by atoms with Gasteiger partial charge in [0.2, 0.25) is 10.0 Å². The Labute approximate surface area is 146 Å². The summed E-state index contributed by atoms with van der Waals surface area (Å²) in [5, 5.41) is 0. The third-order valence-electron chi connectivity index (χ3n) is 3.64. The maximum atomic E-state index is 12.7. The van der Waals surface area contributed by atoms with Crippen LogP contribution in [0.3, 0.4) is 0 Å². The lowest BCUT2D eigenvalue weighted by Gasteiger charge is -2.31. The van der Waals surface area contributed by atoms with Gasteiger partial charge < -0.3 is 10.5 Å². The van der Waals surface area contributed by atoms with Crippen molar-refractivity contribution < 1.29 is 13.2 Å². The second-order valence-corrected chi connectivity index (χ2v) is 8.24.